The van der Waals surface area contributed by atoms with Crippen LogP contribution in [0, 0.1) is 0 Å². The van der Waals surface area contributed by atoms with Crippen LogP contribution >= 0.6 is 0 Å². The maximum atomic E-state index is 6.42. The SMILES string of the molecule is C=C(C)CCC(N)C1(OCC)CCCCCC1. The average Bonchev–Trinajstić information content (AvgIpc) is 2.53. The molecule has 1 rings (SSSR count). The average molecular weight is 239 g/mol. The van der Waals surface area contributed by atoms with Crippen LogP contribution in [0.4, 0.5) is 0 Å². The van der Waals surface area contributed by atoms with Gasteiger partial charge in [0, 0.05) is 12.6 Å². The summed E-state index contributed by atoms with van der Waals surface area (Å²) in [4.78, 5) is 0. The van der Waals surface area contributed by atoms with Crippen molar-refractivity contribution in [1.29, 1.82) is 0 Å². The number of nitrogens with two attached hydrogens (primary N) is 1. The summed E-state index contributed by atoms with van der Waals surface area (Å²) in [6.45, 7) is 8.90. The lowest BCUT2D eigenvalue weighted by atomic mass is 9.83. The van der Waals surface area contributed by atoms with E-state index in [1.165, 1.54) is 31.3 Å². The van der Waals surface area contributed by atoms with E-state index in [-0.39, 0.29) is 11.6 Å². The lowest BCUT2D eigenvalue weighted by molar-refractivity contribution is -0.0699. The number of allylic oxidation sites excluding steroid dienone is 1. The summed E-state index contributed by atoms with van der Waals surface area (Å²) in [5.74, 6) is 0. The van der Waals surface area contributed by atoms with Crippen molar-refractivity contribution in [2.75, 3.05) is 6.61 Å². The molecule has 1 atom stereocenters. The number of hydrogen-bond acceptors (Lipinski definition) is 2. The van der Waals surface area contributed by atoms with Gasteiger partial charge in [0.15, 0.2) is 0 Å². The Morgan fingerprint density at radius 2 is 1.88 bits per heavy atom. The molecule has 2 heteroatoms. The second kappa shape index (κ2) is 7.17. The Hall–Kier alpha value is -0.340. The lowest BCUT2D eigenvalue weighted by Gasteiger charge is -2.38. The lowest BCUT2D eigenvalue weighted by Crippen LogP contribution is -2.50. The van der Waals surface area contributed by atoms with Gasteiger partial charge in [0.25, 0.3) is 0 Å². The fourth-order valence-corrected chi connectivity index (χ4v) is 2.90. The van der Waals surface area contributed by atoms with E-state index >= 15 is 0 Å². The molecule has 1 aliphatic rings. The van der Waals surface area contributed by atoms with Crippen LogP contribution in [0.25, 0.3) is 0 Å². The minimum absolute atomic E-state index is 0.0549. The summed E-state index contributed by atoms with van der Waals surface area (Å²) in [5, 5.41) is 0. The Kier molecular flexibility index (Phi) is 6.21. The molecule has 0 saturated heterocycles. The first-order valence-corrected chi connectivity index (χ1v) is 7.14. The Bertz CT molecular complexity index is 229. The number of hydrogen-bond donors (Lipinski definition) is 1. The number of rotatable bonds is 6. The Balaban J connectivity index is 2.63. The molecular weight excluding hydrogens is 210 g/mol. The van der Waals surface area contributed by atoms with Crippen LogP contribution < -0.4 is 5.73 Å². The van der Waals surface area contributed by atoms with Crippen molar-refractivity contribution in [2.45, 2.75) is 76.9 Å². The summed E-state index contributed by atoms with van der Waals surface area (Å²) in [6, 6.07) is 0.164. The van der Waals surface area contributed by atoms with Crippen molar-refractivity contribution in [3.63, 3.8) is 0 Å². The Morgan fingerprint density at radius 3 is 2.35 bits per heavy atom. The molecule has 0 aliphatic heterocycles. The summed E-state index contributed by atoms with van der Waals surface area (Å²) < 4.78 is 6.09. The first kappa shape index (κ1) is 14.7. The molecule has 1 saturated carbocycles. The highest BCUT2D eigenvalue weighted by molar-refractivity contribution is 4.96. The van der Waals surface area contributed by atoms with Gasteiger partial charge in [0.05, 0.1) is 5.60 Å². The fourth-order valence-electron chi connectivity index (χ4n) is 2.90. The molecule has 17 heavy (non-hydrogen) atoms. The summed E-state index contributed by atoms with van der Waals surface area (Å²) in [7, 11) is 0. The molecule has 0 aromatic carbocycles. The molecule has 0 spiro atoms. The molecule has 0 aromatic heterocycles. The van der Waals surface area contributed by atoms with Crippen LogP contribution in [-0.2, 0) is 4.74 Å². The van der Waals surface area contributed by atoms with Crippen molar-refractivity contribution < 1.29 is 4.74 Å². The van der Waals surface area contributed by atoms with Crippen LogP contribution in [0.1, 0.15) is 65.2 Å². The summed E-state index contributed by atoms with van der Waals surface area (Å²) >= 11 is 0. The zero-order chi connectivity index (χ0) is 12.7. The van der Waals surface area contributed by atoms with E-state index in [2.05, 4.69) is 20.4 Å². The van der Waals surface area contributed by atoms with Gasteiger partial charge in [-0.2, -0.15) is 0 Å². The molecule has 0 radical (unpaired) electrons. The predicted octanol–water partition coefficient (Wildman–Crippen LogP) is 3.80. The molecule has 2 nitrogen and oxygen atoms in total. The molecule has 0 heterocycles. The monoisotopic (exact) mass is 239 g/mol. The topological polar surface area (TPSA) is 35.2 Å². The predicted molar refractivity (Wildman–Crippen MR) is 74.1 cm³/mol. The molecule has 0 bridgehead atoms. The molecule has 100 valence electrons. The van der Waals surface area contributed by atoms with E-state index in [9.17, 15) is 0 Å². The van der Waals surface area contributed by atoms with Crippen LogP contribution in [0.5, 0.6) is 0 Å². The molecule has 0 amide bonds. The third-order valence-corrected chi connectivity index (χ3v) is 3.94. The summed E-state index contributed by atoms with van der Waals surface area (Å²) in [6.07, 6.45) is 9.51. The first-order valence-electron chi connectivity index (χ1n) is 7.14. The van der Waals surface area contributed by atoms with Gasteiger partial charge in [-0.3, -0.25) is 0 Å². The zero-order valence-corrected chi connectivity index (χ0v) is 11.6. The quantitative estimate of drug-likeness (QED) is 0.565. The van der Waals surface area contributed by atoms with E-state index < -0.39 is 0 Å². The van der Waals surface area contributed by atoms with E-state index in [1.54, 1.807) is 0 Å². The van der Waals surface area contributed by atoms with E-state index in [1.807, 2.05) is 0 Å². The highest BCUT2D eigenvalue weighted by atomic mass is 16.5. The Labute approximate surface area is 107 Å². The molecule has 2 N–H and O–H groups in total. The second-order valence-corrected chi connectivity index (χ2v) is 5.51. The molecule has 0 aromatic rings. The minimum Gasteiger partial charge on any atom is -0.374 e. The molecule has 1 aliphatic carbocycles. The van der Waals surface area contributed by atoms with E-state index in [0.717, 1.165) is 32.3 Å². The standard InChI is InChI=1S/C15H29NO/c1-4-17-15(11-7-5-6-8-12-15)14(16)10-9-13(2)3/h14H,2,4-12,16H2,1,3H3. The maximum Gasteiger partial charge on any atom is 0.0832 e. The zero-order valence-electron chi connectivity index (χ0n) is 11.6. The third kappa shape index (κ3) is 4.44. The third-order valence-electron chi connectivity index (χ3n) is 3.94. The first-order chi connectivity index (χ1) is 8.10. The molecular formula is C15H29NO. The van der Waals surface area contributed by atoms with Crippen molar-refractivity contribution >= 4 is 0 Å². The molecule has 1 unspecified atom stereocenters. The van der Waals surface area contributed by atoms with Gasteiger partial charge >= 0.3 is 0 Å². The van der Waals surface area contributed by atoms with Crippen molar-refractivity contribution in [2.24, 2.45) is 5.73 Å². The van der Waals surface area contributed by atoms with Gasteiger partial charge in [-0.15, -0.1) is 6.58 Å². The van der Waals surface area contributed by atoms with Crippen molar-refractivity contribution in [3.05, 3.63) is 12.2 Å². The van der Waals surface area contributed by atoms with Crippen molar-refractivity contribution in [3.8, 4) is 0 Å². The van der Waals surface area contributed by atoms with Gasteiger partial charge in [-0.05, 0) is 39.5 Å². The molecule has 1 fully saturated rings. The van der Waals surface area contributed by atoms with Gasteiger partial charge in [0.2, 0.25) is 0 Å². The van der Waals surface area contributed by atoms with E-state index in [0.29, 0.717) is 0 Å². The van der Waals surface area contributed by atoms with Crippen molar-refractivity contribution in [1.82, 2.24) is 0 Å². The van der Waals surface area contributed by atoms with Gasteiger partial charge in [-0.25, -0.2) is 0 Å². The highest BCUT2D eigenvalue weighted by Gasteiger charge is 2.37. The normalized spacial score (nSPS) is 21.8. The largest absolute Gasteiger partial charge is 0.374 e. The fraction of sp³-hybridized carbons (Fsp3) is 0.867. The summed E-state index contributed by atoms with van der Waals surface area (Å²) in [5.41, 5.74) is 7.59. The van der Waals surface area contributed by atoms with Crippen LogP contribution in [0.2, 0.25) is 0 Å². The maximum absolute atomic E-state index is 6.42. The smallest absolute Gasteiger partial charge is 0.0832 e. The van der Waals surface area contributed by atoms with E-state index in [4.69, 9.17) is 10.5 Å². The van der Waals surface area contributed by atoms with Gasteiger partial charge < -0.3 is 10.5 Å². The minimum atomic E-state index is -0.0549. The van der Waals surface area contributed by atoms with Gasteiger partial charge in [0.1, 0.15) is 0 Å². The van der Waals surface area contributed by atoms with Crippen LogP contribution in [0.3, 0.4) is 0 Å². The van der Waals surface area contributed by atoms with Crippen LogP contribution in [0.15, 0.2) is 12.2 Å². The van der Waals surface area contributed by atoms with Crippen LogP contribution in [-0.4, -0.2) is 18.2 Å². The highest BCUT2D eigenvalue weighted by Crippen LogP contribution is 2.34. The second-order valence-electron chi connectivity index (χ2n) is 5.51. The number of ether oxygens (including phenoxy) is 1. The Morgan fingerprint density at radius 1 is 1.29 bits per heavy atom. The van der Waals surface area contributed by atoms with Gasteiger partial charge in [-0.1, -0.05) is 31.3 Å².